The maximum absolute atomic E-state index is 12.7. The largest absolute Gasteiger partial charge is 0.480 e. The molecule has 4 amide bonds. The molecule has 1 heterocycles. The van der Waals surface area contributed by atoms with E-state index in [1.165, 1.54) is 23.9 Å². The number of amides is 4. The second-order valence-corrected chi connectivity index (χ2v) is 10.9. The molecule has 8 unspecified atom stereocenters. The first-order valence-electron chi connectivity index (χ1n) is 13.9. The lowest BCUT2D eigenvalue weighted by Gasteiger charge is -2.45. The van der Waals surface area contributed by atoms with Gasteiger partial charge in [0.2, 0.25) is 11.8 Å². The number of carboxylic acid groups (broad SMARTS) is 3. The summed E-state index contributed by atoms with van der Waals surface area (Å²) in [5, 5.41) is 89.5. The van der Waals surface area contributed by atoms with Crippen molar-refractivity contribution >= 4 is 30.0 Å². The summed E-state index contributed by atoms with van der Waals surface area (Å²) in [6, 6.07) is -3.70. The average molecular weight is 640 g/mol. The second kappa shape index (κ2) is 18.7. The number of hydrogen-bond acceptors (Lipinski definition) is 14. The highest BCUT2D eigenvalue weighted by Crippen LogP contribution is 2.26. The molecule has 19 nitrogen and oxygen atoms in total. The van der Waals surface area contributed by atoms with Gasteiger partial charge in [-0.15, -0.1) is 0 Å². The molecule has 11 N–H and O–H groups in total. The van der Waals surface area contributed by atoms with Crippen molar-refractivity contribution in [2.75, 3.05) is 46.9 Å². The number of hydrogen-bond donors (Lipinski definition) is 11. The van der Waals surface area contributed by atoms with E-state index in [2.05, 4.69) is 0 Å². The number of imide groups is 2. The summed E-state index contributed by atoms with van der Waals surface area (Å²) in [6.07, 6.45) is -9.19. The van der Waals surface area contributed by atoms with Gasteiger partial charge in [-0.1, -0.05) is 6.42 Å². The molecule has 1 rings (SSSR count). The summed E-state index contributed by atoms with van der Waals surface area (Å²) in [5.41, 5.74) is 0. The maximum Gasteiger partial charge on any atom is 0.411 e. The number of nitrogens with zero attached hydrogens (tertiary/aromatic N) is 3. The van der Waals surface area contributed by atoms with Gasteiger partial charge in [0.05, 0.1) is 44.1 Å². The highest BCUT2D eigenvalue weighted by Gasteiger charge is 2.38. The number of likely N-dealkylation sites (N-methyl/N-ethyl adjacent to an activating group) is 2. The fourth-order valence-electron chi connectivity index (χ4n) is 5.31. The number of carboxylic acids is 1. The first kappa shape index (κ1) is 39.0. The van der Waals surface area contributed by atoms with E-state index in [9.17, 15) is 49.5 Å². The molecule has 8 atom stereocenters. The first-order chi connectivity index (χ1) is 20.5. The van der Waals surface area contributed by atoms with Crippen LogP contribution in [0.5, 0.6) is 0 Å². The van der Waals surface area contributed by atoms with Gasteiger partial charge in [-0.05, 0) is 26.9 Å². The van der Waals surface area contributed by atoms with E-state index in [0.717, 1.165) is 0 Å². The quantitative estimate of drug-likeness (QED) is 0.0675. The maximum atomic E-state index is 12.7. The highest BCUT2D eigenvalue weighted by molar-refractivity contribution is 5.94. The van der Waals surface area contributed by atoms with Gasteiger partial charge in [0.15, 0.2) is 0 Å². The molecule has 1 fully saturated rings. The van der Waals surface area contributed by atoms with Crippen LogP contribution in [0.25, 0.3) is 0 Å². The van der Waals surface area contributed by atoms with Gasteiger partial charge in [-0.25, -0.2) is 9.59 Å². The lowest BCUT2D eigenvalue weighted by molar-refractivity contribution is -0.141. The van der Waals surface area contributed by atoms with E-state index < -0.39 is 111 Å². The number of aliphatic hydroxyl groups excluding tert-OH is 6. The Bertz CT molecular complexity index is 908. The fraction of sp³-hybridized carbons (Fsp3) is 0.800. The van der Waals surface area contributed by atoms with Crippen LogP contribution in [0.2, 0.25) is 0 Å². The van der Waals surface area contributed by atoms with Gasteiger partial charge < -0.3 is 46.0 Å². The predicted octanol–water partition coefficient (Wildman–Crippen LogP) is -4.31. The van der Waals surface area contributed by atoms with Crippen LogP contribution in [0.1, 0.15) is 32.1 Å². The number of piperidine rings is 1. The number of rotatable bonds is 18. The number of nitrogens with one attached hydrogen (secondary N) is 2. The molecule has 0 aromatic heterocycles. The smallest absolute Gasteiger partial charge is 0.411 e. The predicted molar refractivity (Wildman–Crippen MR) is 148 cm³/mol. The molecular weight excluding hydrogens is 594 g/mol. The molecule has 1 aliphatic rings. The number of aliphatic hydroxyl groups is 6. The van der Waals surface area contributed by atoms with E-state index in [1.54, 1.807) is 15.5 Å². The third kappa shape index (κ3) is 12.5. The molecule has 0 bridgehead atoms. The third-order valence-electron chi connectivity index (χ3n) is 7.65. The van der Waals surface area contributed by atoms with Crippen LogP contribution in [0, 0.1) is 0 Å². The van der Waals surface area contributed by atoms with Crippen molar-refractivity contribution in [1.82, 2.24) is 25.3 Å². The molecule has 19 heteroatoms. The van der Waals surface area contributed by atoms with Gasteiger partial charge >= 0.3 is 18.2 Å². The minimum Gasteiger partial charge on any atom is -0.480 e. The Morgan fingerprint density at radius 3 is 1.36 bits per heavy atom. The van der Waals surface area contributed by atoms with Crippen LogP contribution in [-0.4, -0.2) is 186 Å². The summed E-state index contributed by atoms with van der Waals surface area (Å²) >= 11 is 0. The molecule has 0 spiro atoms. The van der Waals surface area contributed by atoms with Crippen LogP contribution in [0.15, 0.2) is 0 Å². The van der Waals surface area contributed by atoms with Gasteiger partial charge in [0, 0.05) is 38.0 Å². The molecule has 0 aliphatic carbocycles. The van der Waals surface area contributed by atoms with E-state index in [0.29, 0.717) is 19.3 Å². The summed E-state index contributed by atoms with van der Waals surface area (Å²) in [5.74, 6) is -3.23. The van der Waals surface area contributed by atoms with E-state index in [4.69, 9.17) is 20.4 Å². The number of aliphatic carboxylic acids is 1. The fourth-order valence-corrected chi connectivity index (χ4v) is 5.31. The molecule has 0 aromatic rings. The zero-order valence-electron chi connectivity index (χ0n) is 24.6. The van der Waals surface area contributed by atoms with E-state index >= 15 is 0 Å². The average Bonchev–Trinajstić information content (AvgIpc) is 2.93. The number of likely N-dealkylation sites (tertiary alicyclic amines) is 1. The van der Waals surface area contributed by atoms with Crippen molar-refractivity contribution in [3.05, 3.63) is 0 Å². The van der Waals surface area contributed by atoms with Crippen molar-refractivity contribution in [3.8, 4) is 0 Å². The normalized spacial score (nSPS) is 21.6. The first-order valence-corrected chi connectivity index (χ1v) is 13.9. The van der Waals surface area contributed by atoms with Crippen LogP contribution in [0.4, 0.5) is 9.59 Å². The number of carbonyl (C=O) groups is 5. The summed E-state index contributed by atoms with van der Waals surface area (Å²) in [7, 11) is 2.89. The zero-order valence-corrected chi connectivity index (χ0v) is 24.6. The molecule has 44 heavy (non-hydrogen) atoms. The van der Waals surface area contributed by atoms with Crippen molar-refractivity contribution in [1.29, 1.82) is 0 Å². The molecule has 254 valence electrons. The summed E-state index contributed by atoms with van der Waals surface area (Å²) in [6.45, 7) is -2.12. The molecule has 0 aromatic carbocycles. The third-order valence-corrected chi connectivity index (χ3v) is 7.65. The lowest BCUT2D eigenvalue weighted by atomic mass is 9.93. The molecule has 0 saturated carbocycles. The SMILES string of the molecule is CN(CC1CCCC(CN(C)C(CC(O)C(O)CO)C(=O)NC(=O)O)N1CC(=O)O)C(CC(O)C(O)CO)C(=O)NC(=O)O. The minimum atomic E-state index is -1.66. The Morgan fingerprint density at radius 1 is 0.705 bits per heavy atom. The van der Waals surface area contributed by atoms with Gasteiger partial charge in [-0.2, -0.15) is 0 Å². The van der Waals surface area contributed by atoms with Crippen molar-refractivity contribution in [2.24, 2.45) is 0 Å². The van der Waals surface area contributed by atoms with Crippen molar-refractivity contribution in [3.63, 3.8) is 0 Å². The van der Waals surface area contributed by atoms with Crippen molar-refractivity contribution in [2.45, 2.75) is 80.7 Å². The van der Waals surface area contributed by atoms with E-state index in [-0.39, 0.29) is 13.1 Å². The van der Waals surface area contributed by atoms with Gasteiger partial charge in [-0.3, -0.25) is 39.7 Å². The summed E-state index contributed by atoms with van der Waals surface area (Å²) in [4.78, 5) is 63.9. The molecule has 0 radical (unpaired) electrons. The van der Waals surface area contributed by atoms with Gasteiger partial charge in [0.25, 0.3) is 0 Å². The second-order valence-electron chi connectivity index (χ2n) is 10.9. The lowest BCUT2D eigenvalue weighted by Crippen LogP contribution is -2.59. The summed E-state index contributed by atoms with van der Waals surface area (Å²) < 4.78 is 0. The Hall–Kier alpha value is -3.01. The Labute approximate surface area is 253 Å². The van der Waals surface area contributed by atoms with Crippen molar-refractivity contribution < 1.29 is 69.9 Å². The molecule has 1 aliphatic heterocycles. The van der Waals surface area contributed by atoms with Crippen LogP contribution in [-0.2, 0) is 14.4 Å². The Morgan fingerprint density at radius 2 is 1.07 bits per heavy atom. The Balaban J connectivity index is 3.25. The standard InChI is InChI=1S/C25H45N5O14/c1-28(15(22(39)26-24(41)42)6-17(33)19(35)11-31)8-13-4-3-5-14(30(13)10-21(37)38)9-29(2)16(23(40)27-25(43)44)7-18(34)20(36)12-32/h13-20,31-36H,3-12H2,1-2H3,(H,26,39)(H,27,40)(H,37,38)(H,41,42)(H,43,44). The number of carbonyl (C=O) groups excluding carboxylic acids is 2. The van der Waals surface area contributed by atoms with Gasteiger partial charge in [0.1, 0.15) is 12.2 Å². The van der Waals surface area contributed by atoms with Crippen LogP contribution < -0.4 is 10.6 Å². The Kier molecular flexibility index (Phi) is 16.6. The zero-order chi connectivity index (χ0) is 33.7. The van der Waals surface area contributed by atoms with Crippen LogP contribution in [0.3, 0.4) is 0 Å². The van der Waals surface area contributed by atoms with E-state index in [1.807, 2.05) is 0 Å². The molecular formula is C25H45N5O14. The highest BCUT2D eigenvalue weighted by atomic mass is 16.4. The topological polar surface area (TPSA) is 301 Å². The molecule has 1 saturated heterocycles. The van der Waals surface area contributed by atoms with Crippen LogP contribution >= 0.6 is 0 Å². The monoisotopic (exact) mass is 639 g/mol. The minimum absolute atomic E-state index is 0.00250.